The van der Waals surface area contributed by atoms with Crippen molar-refractivity contribution in [1.29, 1.82) is 0 Å². The summed E-state index contributed by atoms with van der Waals surface area (Å²) in [5, 5.41) is 3.39. The minimum absolute atomic E-state index is 0.0445. The second-order valence-corrected chi connectivity index (χ2v) is 5.47. The van der Waals surface area contributed by atoms with Gasteiger partial charge in [0.1, 0.15) is 0 Å². The van der Waals surface area contributed by atoms with E-state index < -0.39 is 0 Å². The van der Waals surface area contributed by atoms with E-state index in [1.807, 2.05) is 11.9 Å². The van der Waals surface area contributed by atoms with Gasteiger partial charge in [-0.1, -0.05) is 0 Å². The van der Waals surface area contributed by atoms with Crippen LogP contribution in [0.4, 0.5) is 0 Å². The Morgan fingerprint density at radius 3 is 2.53 bits per heavy atom. The molecule has 0 aromatic heterocycles. The molecule has 1 N–H and O–H groups in total. The predicted octanol–water partition coefficient (Wildman–Crippen LogP) is 0.927. The number of hydrogen-bond acceptors (Lipinski definition) is 3. The van der Waals surface area contributed by atoms with E-state index >= 15 is 0 Å². The average Bonchev–Trinajstić information content (AvgIpc) is 2.27. The lowest BCUT2D eigenvalue weighted by molar-refractivity contribution is -0.133. The second-order valence-electron chi connectivity index (χ2n) is 5.47. The minimum atomic E-state index is 0.0445. The van der Waals surface area contributed by atoms with Crippen LogP contribution in [0.5, 0.6) is 0 Å². The predicted molar refractivity (Wildman–Crippen MR) is 71.0 cm³/mol. The van der Waals surface area contributed by atoms with Crippen LogP contribution in [0.25, 0.3) is 0 Å². The number of nitrogens with zero attached hydrogens (tertiary/aromatic N) is 2. The van der Waals surface area contributed by atoms with Gasteiger partial charge in [-0.05, 0) is 53.2 Å². The van der Waals surface area contributed by atoms with E-state index in [9.17, 15) is 4.79 Å². The lowest BCUT2D eigenvalue weighted by Gasteiger charge is -2.31. The molecule has 0 aromatic rings. The standard InChI is InChI=1S/C13H27N3O/c1-11-7-5-8-12(14-11)13(17)16(4)10-6-9-15(2)3/h11-12,14H,5-10H2,1-4H3. The third kappa shape index (κ3) is 5.04. The Hall–Kier alpha value is -0.610. The van der Waals surface area contributed by atoms with Crippen LogP contribution in [-0.2, 0) is 4.79 Å². The number of rotatable bonds is 5. The van der Waals surface area contributed by atoms with Gasteiger partial charge >= 0.3 is 0 Å². The van der Waals surface area contributed by atoms with E-state index in [0.717, 1.165) is 32.4 Å². The van der Waals surface area contributed by atoms with Gasteiger partial charge in [-0.25, -0.2) is 0 Å². The Morgan fingerprint density at radius 1 is 1.24 bits per heavy atom. The molecule has 0 saturated carbocycles. The summed E-state index contributed by atoms with van der Waals surface area (Å²) < 4.78 is 0. The number of likely N-dealkylation sites (N-methyl/N-ethyl adjacent to an activating group) is 1. The van der Waals surface area contributed by atoms with Gasteiger partial charge in [0, 0.05) is 19.6 Å². The molecular formula is C13H27N3O. The number of amides is 1. The van der Waals surface area contributed by atoms with Gasteiger partial charge in [0.2, 0.25) is 5.91 Å². The first-order valence-electron chi connectivity index (χ1n) is 6.66. The Labute approximate surface area is 105 Å². The fraction of sp³-hybridized carbons (Fsp3) is 0.923. The van der Waals surface area contributed by atoms with Crippen molar-refractivity contribution in [2.75, 3.05) is 34.2 Å². The molecule has 17 heavy (non-hydrogen) atoms. The summed E-state index contributed by atoms with van der Waals surface area (Å²) in [5.41, 5.74) is 0. The van der Waals surface area contributed by atoms with Gasteiger partial charge in [0.05, 0.1) is 6.04 Å². The molecule has 0 aliphatic carbocycles. The molecule has 100 valence electrons. The molecule has 2 atom stereocenters. The number of carbonyl (C=O) groups is 1. The van der Waals surface area contributed by atoms with Crippen molar-refractivity contribution in [2.24, 2.45) is 0 Å². The molecule has 4 heteroatoms. The van der Waals surface area contributed by atoms with Crippen molar-refractivity contribution < 1.29 is 4.79 Å². The Balaban J connectivity index is 2.30. The van der Waals surface area contributed by atoms with Crippen molar-refractivity contribution >= 4 is 5.91 Å². The topological polar surface area (TPSA) is 35.6 Å². The maximum absolute atomic E-state index is 12.2. The van der Waals surface area contributed by atoms with Gasteiger partial charge < -0.3 is 15.1 Å². The van der Waals surface area contributed by atoms with Crippen LogP contribution in [-0.4, -0.2) is 62.0 Å². The molecule has 0 aromatic carbocycles. The fourth-order valence-electron chi connectivity index (χ4n) is 2.33. The second kappa shape index (κ2) is 6.97. The maximum Gasteiger partial charge on any atom is 0.239 e. The van der Waals surface area contributed by atoms with Gasteiger partial charge in [0.15, 0.2) is 0 Å². The van der Waals surface area contributed by atoms with Crippen molar-refractivity contribution in [1.82, 2.24) is 15.1 Å². The number of piperidine rings is 1. The number of carbonyl (C=O) groups excluding carboxylic acids is 1. The normalized spacial score (nSPS) is 25.0. The minimum Gasteiger partial charge on any atom is -0.344 e. The van der Waals surface area contributed by atoms with Crippen LogP contribution >= 0.6 is 0 Å². The smallest absolute Gasteiger partial charge is 0.239 e. The molecule has 0 radical (unpaired) electrons. The van der Waals surface area contributed by atoms with Crippen LogP contribution < -0.4 is 5.32 Å². The Bertz CT molecular complexity index is 243. The average molecular weight is 241 g/mol. The monoisotopic (exact) mass is 241 g/mol. The molecule has 1 aliphatic rings. The molecule has 1 aliphatic heterocycles. The molecule has 1 amide bonds. The first kappa shape index (κ1) is 14.5. The van der Waals surface area contributed by atoms with Gasteiger partial charge in [0.25, 0.3) is 0 Å². The summed E-state index contributed by atoms with van der Waals surface area (Å²) in [6.45, 7) is 4.04. The lowest BCUT2D eigenvalue weighted by Crippen LogP contribution is -2.50. The zero-order chi connectivity index (χ0) is 12.8. The highest BCUT2D eigenvalue weighted by molar-refractivity contribution is 5.81. The van der Waals surface area contributed by atoms with Crippen LogP contribution in [0.3, 0.4) is 0 Å². The van der Waals surface area contributed by atoms with Gasteiger partial charge in [-0.15, -0.1) is 0 Å². The van der Waals surface area contributed by atoms with Crippen molar-refractivity contribution in [3.63, 3.8) is 0 Å². The zero-order valence-electron chi connectivity index (χ0n) is 11.7. The molecule has 0 bridgehead atoms. The Morgan fingerprint density at radius 2 is 1.94 bits per heavy atom. The molecule has 4 nitrogen and oxygen atoms in total. The van der Waals surface area contributed by atoms with E-state index in [0.29, 0.717) is 6.04 Å². The molecular weight excluding hydrogens is 214 g/mol. The first-order valence-corrected chi connectivity index (χ1v) is 6.66. The molecule has 1 heterocycles. The van der Waals surface area contributed by atoms with E-state index in [1.165, 1.54) is 6.42 Å². The third-order valence-electron chi connectivity index (χ3n) is 3.39. The quantitative estimate of drug-likeness (QED) is 0.778. The van der Waals surface area contributed by atoms with Gasteiger partial charge in [-0.3, -0.25) is 4.79 Å². The maximum atomic E-state index is 12.2. The Kier molecular flexibility index (Phi) is 5.92. The summed E-state index contributed by atoms with van der Waals surface area (Å²) >= 11 is 0. The van der Waals surface area contributed by atoms with Crippen molar-refractivity contribution in [3.05, 3.63) is 0 Å². The highest BCUT2D eigenvalue weighted by Gasteiger charge is 2.26. The lowest BCUT2D eigenvalue weighted by atomic mass is 9.99. The molecule has 1 rings (SSSR count). The molecule has 1 fully saturated rings. The largest absolute Gasteiger partial charge is 0.344 e. The SMILES string of the molecule is CC1CCCC(C(=O)N(C)CCCN(C)C)N1. The van der Waals surface area contributed by atoms with E-state index in [4.69, 9.17) is 0 Å². The molecule has 0 spiro atoms. The summed E-state index contributed by atoms with van der Waals surface area (Å²) in [6.07, 6.45) is 4.38. The summed E-state index contributed by atoms with van der Waals surface area (Å²) in [4.78, 5) is 16.2. The van der Waals surface area contributed by atoms with E-state index in [1.54, 1.807) is 0 Å². The summed E-state index contributed by atoms with van der Waals surface area (Å²) in [6, 6.07) is 0.524. The van der Waals surface area contributed by atoms with Crippen LogP contribution in [0.2, 0.25) is 0 Å². The highest BCUT2D eigenvalue weighted by atomic mass is 16.2. The fourth-order valence-corrected chi connectivity index (χ4v) is 2.33. The summed E-state index contributed by atoms with van der Waals surface area (Å²) in [7, 11) is 6.04. The summed E-state index contributed by atoms with van der Waals surface area (Å²) in [5.74, 6) is 0.260. The van der Waals surface area contributed by atoms with E-state index in [-0.39, 0.29) is 11.9 Å². The van der Waals surface area contributed by atoms with Crippen molar-refractivity contribution in [3.8, 4) is 0 Å². The number of nitrogens with one attached hydrogen (secondary N) is 1. The van der Waals surface area contributed by atoms with Gasteiger partial charge in [-0.2, -0.15) is 0 Å². The third-order valence-corrected chi connectivity index (χ3v) is 3.39. The van der Waals surface area contributed by atoms with E-state index in [2.05, 4.69) is 31.2 Å². The van der Waals surface area contributed by atoms with Crippen molar-refractivity contribution in [2.45, 2.75) is 44.7 Å². The zero-order valence-corrected chi connectivity index (χ0v) is 11.7. The highest BCUT2D eigenvalue weighted by Crippen LogP contribution is 2.13. The molecule has 1 saturated heterocycles. The molecule has 2 unspecified atom stereocenters. The number of hydrogen-bond donors (Lipinski definition) is 1. The first-order chi connectivity index (χ1) is 8.00. The van der Waals surface area contributed by atoms with Crippen LogP contribution in [0.15, 0.2) is 0 Å². The van der Waals surface area contributed by atoms with Crippen LogP contribution in [0, 0.1) is 0 Å². The van der Waals surface area contributed by atoms with Crippen LogP contribution in [0.1, 0.15) is 32.6 Å².